The van der Waals surface area contributed by atoms with E-state index in [9.17, 15) is 4.79 Å². The van der Waals surface area contributed by atoms with Crippen molar-refractivity contribution in [3.63, 3.8) is 0 Å². The molecule has 1 amide bonds. The van der Waals surface area contributed by atoms with Crippen LogP contribution >= 0.6 is 0 Å². The number of anilines is 2. The largest absolute Gasteiger partial charge is 0.448 e. The summed E-state index contributed by atoms with van der Waals surface area (Å²) >= 11 is 0. The molecule has 2 aliphatic rings. The van der Waals surface area contributed by atoms with E-state index in [4.69, 9.17) is 10.1 Å². The standard InChI is InChI=1S/C16H24N6O2.C2H6/c1-10(17)13-14(18-2)19-9-20-15(13)21-11-3-5-12(6-4-11)22-7-8-24-16(22)23;1-2/h9,11-12,17H,3-8H2,1-2H3,(H2,18,19,20,21);1-2H3. The molecule has 0 unspecified atom stereocenters. The van der Waals surface area contributed by atoms with Crippen molar-refractivity contribution in [2.75, 3.05) is 30.8 Å². The van der Waals surface area contributed by atoms with Gasteiger partial charge in [0.25, 0.3) is 0 Å². The Morgan fingerprint density at radius 3 is 2.42 bits per heavy atom. The van der Waals surface area contributed by atoms with E-state index in [-0.39, 0.29) is 18.2 Å². The minimum absolute atomic E-state index is 0.178. The maximum atomic E-state index is 11.7. The lowest BCUT2D eigenvalue weighted by atomic mass is 9.90. The summed E-state index contributed by atoms with van der Waals surface area (Å²) in [4.78, 5) is 22.0. The van der Waals surface area contributed by atoms with Gasteiger partial charge in [-0.3, -0.25) is 0 Å². The normalized spacial score (nSPS) is 22.2. The molecule has 1 aromatic rings. The monoisotopic (exact) mass is 362 g/mol. The molecule has 0 atom stereocenters. The van der Waals surface area contributed by atoms with E-state index in [1.165, 1.54) is 6.33 Å². The highest BCUT2D eigenvalue weighted by atomic mass is 16.6. The van der Waals surface area contributed by atoms with Crippen molar-refractivity contribution in [2.45, 2.75) is 58.5 Å². The summed E-state index contributed by atoms with van der Waals surface area (Å²) in [6, 6.07) is 0.567. The highest BCUT2D eigenvalue weighted by molar-refractivity contribution is 6.04. The Balaban J connectivity index is 0.00000117. The highest BCUT2D eigenvalue weighted by Crippen LogP contribution is 2.28. The minimum Gasteiger partial charge on any atom is -0.448 e. The van der Waals surface area contributed by atoms with E-state index in [1.807, 2.05) is 18.7 Å². The van der Waals surface area contributed by atoms with E-state index in [0.29, 0.717) is 36.1 Å². The molecular weight excluding hydrogens is 332 g/mol. The second kappa shape index (κ2) is 9.35. The lowest BCUT2D eigenvalue weighted by Gasteiger charge is -2.34. The molecule has 1 aromatic heterocycles. The number of ether oxygens (including phenoxy) is 1. The minimum atomic E-state index is -0.178. The predicted molar refractivity (Wildman–Crippen MR) is 103 cm³/mol. The molecule has 8 nitrogen and oxygen atoms in total. The van der Waals surface area contributed by atoms with E-state index < -0.39 is 0 Å². The molecule has 1 saturated carbocycles. The third kappa shape index (κ3) is 4.42. The first-order valence-electron chi connectivity index (χ1n) is 9.38. The van der Waals surface area contributed by atoms with Gasteiger partial charge in [0.2, 0.25) is 0 Å². The van der Waals surface area contributed by atoms with E-state index in [1.54, 1.807) is 14.0 Å². The number of nitrogens with one attached hydrogen (secondary N) is 3. The van der Waals surface area contributed by atoms with Crippen molar-refractivity contribution >= 4 is 23.4 Å². The molecule has 0 aromatic carbocycles. The summed E-state index contributed by atoms with van der Waals surface area (Å²) < 4.78 is 5.03. The van der Waals surface area contributed by atoms with Crippen molar-refractivity contribution in [2.24, 2.45) is 0 Å². The summed E-state index contributed by atoms with van der Waals surface area (Å²) in [6.45, 7) is 6.95. The van der Waals surface area contributed by atoms with Crippen LogP contribution in [0.1, 0.15) is 52.0 Å². The zero-order valence-corrected chi connectivity index (χ0v) is 16.1. The highest BCUT2D eigenvalue weighted by Gasteiger charge is 2.33. The van der Waals surface area contributed by atoms with Crippen LogP contribution in [0.5, 0.6) is 0 Å². The third-order valence-corrected chi connectivity index (χ3v) is 4.73. The Kier molecular flexibility index (Phi) is 7.17. The van der Waals surface area contributed by atoms with Crippen LogP contribution in [0.2, 0.25) is 0 Å². The van der Waals surface area contributed by atoms with Gasteiger partial charge in [-0.25, -0.2) is 14.8 Å². The Bertz CT molecular complexity index is 628. The van der Waals surface area contributed by atoms with Gasteiger partial charge in [-0.15, -0.1) is 0 Å². The molecule has 1 aliphatic carbocycles. The Morgan fingerprint density at radius 1 is 1.23 bits per heavy atom. The van der Waals surface area contributed by atoms with Crippen LogP contribution in [0.15, 0.2) is 6.33 Å². The number of hydrogen-bond donors (Lipinski definition) is 3. The number of rotatable bonds is 5. The molecule has 144 valence electrons. The number of carbonyl (C=O) groups is 1. The van der Waals surface area contributed by atoms with Crippen LogP contribution in [0.3, 0.4) is 0 Å². The van der Waals surface area contributed by atoms with Crippen LogP contribution in [-0.4, -0.2) is 59.0 Å². The molecule has 0 radical (unpaired) electrons. The quantitative estimate of drug-likeness (QED) is 0.696. The zero-order valence-electron chi connectivity index (χ0n) is 16.1. The van der Waals surface area contributed by atoms with E-state index in [0.717, 1.165) is 25.7 Å². The Hall–Kier alpha value is -2.38. The molecule has 8 heteroatoms. The van der Waals surface area contributed by atoms with Crippen molar-refractivity contribution in [1.82, 2.24) is 14.9 Å². The maximum Gasteiger partial charge on any atom is 0.410 e. The lowest BCUT2D eigenvalue weighted by molar-refractivity contribution is 0.138. The fraction of sp³-hybridized carbons (Fsp3) is 0.667. The van der Waals surface area contributed by atoms with Gasteiger partial charge in [0.15, 0.2) is 0 Å². The van der Waals surface area contributed by atoms with Crippen LogP contribution in [-0.2, 0) is 4.74 Å². The van der Waals surface area contributed by atoms with Gasteiger partial charge < -0.3 is 25.7 Å². The SMILES string of the molecule is CC.CNc1ncnc(NC2CCC(N3CCOC3=O)CC2)c1C(C)=N. The van der Waals surface area contributed by atoms with E-state index >= 15 is 0 Å². The lowest BCUT2D eigenvalue weighted by Crippen LogP contribution is -2.41. The van der Waals surface area contributed by atoms with Crippen molar-refractivity contribution in [3.05, 3.63) is 11.9 Å². The van der Waals surface area contributed by atoms with Gasteiger partial charge in [0.05, 0.1) is 12.1 Å². The number of carbonyl (C=O) groups excluding carboxylic acids is 1. The van der Waals surface area contributed by atoms with Crippen LogP contribution in [0.25, 0.3) is 0 Å². The molecule has 2 fully saturated rings. The molecule has 1 saturated heterocycles. The summed E-state index contributed by atoms with van der Waals surface area (Å²) in [6.07, 6.45) is 5.16. The van der Waals surface area contributed by atoms with Crippen LogP contribution < -0.4 is 10.6 Å². The predicted octanol–water partition coefficient (Wildman–Crippen LogP) is 3.11. The van der Waals surface area contributed by atoms with Gasteiger partial charge in [-0.1, -0.05) is 13.8 Å². The maximum absolute atomic E-state index is 11.7. The first-order chi connectivity index (χ1) is 12.6. The summed E-state index contributed by atoms with van der Waals surface area (Å²) in [5.41, 5.74) is 1.14. The second-order valence-electron chi connectivity index (χ2n) is 6.28. The molecule has 0 spiro atoms. The first kappa shape index (κ1) is 19.9. The summed E-state index contributed by atoms with van der Waals surface area (Å²) in [7, 11) is 1.79. The molecular formula is C18H30N6O2. The number of aromatic nitrogens is 2. The van der Waals surface area contributed by atoms with Crippen molar-refractivity contribution < 1.29 is 9.53 Å². The average Bonchev–Trinajstić information content (AvgIpc) is 3.09. The zero-order chi connectivity index (χ0) is 19.1. The number of cyclic esters (lactones) is 1. The summed E-state index contributed by atoms with van der Waals surface area (Å²) in [5, 5.41) is 14.5. The van der Waals surface area contributed by atoms with Crippen LogP contribution in [0.4, 0.5) is 16.4 Å². The smallest absolute Gasteiger partial charge is 0.410 e. The molecule has 1 aliphatic heterocycles. The van der Waals surface area contributed by atoms with Crippen LogP contribution in [0, 0.1) is 5.41 Å². The average molecular weight is 362 g/mol. The van der Waals surface area contributed by atoms with E-state index in [2.05, 4.69) is 20.6 Å². The molecule has 3 rings (SSSR count). The van der Waals surface area contributed by atoms with Gasteiger partial charge in [0, 0.05) is 24.8 Å². The molecule has 3 N–H and O–H groups in total. The number of hydrogen-bond acceptors (Lipinski definition) is 7. The fourth-order valence-electron chi connectivity index (χ4n) is 3.50. The van der Waals surface area contributed by atoms with Crippen molar-refractivity contribution in [3.8, 4) is 0 Å². The molecule has 26 heavy (non-hydrogen) atoms. The number of nitrogens with zero attached hydrogens (tertiary/aromatic N) is 3. The number of amides is 1. The third-order valence-electron chi connectivity index (χ3n) is 4.73. The summed E-state index contributed by atoms with van der Waals surface area (Å²) in [5.74, 6) is 1.36. The topological polar surface area (TPSA) is 103 Å². The second-order valence-corrected chi connectivity index (χ2v) is 6.28. The Morgan fingerprint density at radius 2 is 1.88 bits per heavy atom. The fourth-order valence-corrected chi connectivity index (χ4v) is 3.50. The molecule has 2 heterocycles. The van der Waals surface area contributed by atoms with Gasteiger partial charge >= 0.3 is 6.09 Å². The van der Waals surface area contributed by atoms with Gasteiger partial charge in [-0.2, -0.15) is 0 Å². The molecule has 0 bridgehead atoms. The van der Waals surface area contributed by atoms with Gasteiger partial charge in [-0.05, 0) is 32.6 Å². The first-order valence-corrected chi connectivity index (χ1v) is 9.38. The van der Waals surface area contributed by atoms with Gasteiger partial charge in [0.1, 0.15) is 24.6 Å². The Labute approximate surface area is 155 Å². The van der Waals surface area contributed by atoms with Crippen molar-refractivity contribution in [1.29, 1.82) is 5.41 Å².